The SMILES string of the molecule is COc1ccc(NC(=O)COc2ccccc2/C=N\NC(=O)C(=O)Nc2ccc(C)c(C)c2)cc1. The molecule has 0 unspecified atom stereocenters. The highest BCUT2D eigenvalue weighted by Crippen LogP contribution is 2.17. The van der Waals surface area contributed by atoms with E-state index in [4.69, 9.17) is 9.47 Å². The standard InChI is InChI=1S/C26H26N4O5/c1-17-8-9-21(14-18(17)2)29-25(32)26(33)30-27-15-19-6-4-5-7-23(19)35-16-24(31)28-20-10-12-22(34-3)13-11-20/h4-15H,16H2,1-3H3,(H,28,31)(H,29,32)(H,30,33)/b27-15-. The van der Waals surface area contributed by atoms with Crippen molar-refractivity contribution >= 4 is 35.3 Å². The Labute approximate surface area is 203 Å². The Kier molecular flexibility index (Phi) is 8.55. The smallest absolute Gasteiger partial charge is 0.329 e. The lowest BCUT2D eigenvalue weighted by Gasteiger charge is -2.10. The summed E-state index contributed by atoms with van der Waals surface area (Å²) in [6.45, 7) is 3.64. The summed E-state index contributed by atoms with van der Waals surface area (Å²) >= 11 is 0. The number of benzene rings is 3. The molecule has 0 aliphatic rings. The summed E-state index contributed by atoms with van der Waals surface area (Å²) in [7, 11) is 1.56. The van der Waals surface area contributed by atoms with Crippen LogP contribution in [0, 0.1) is 13.8 Å². The van der Waals surface area contributed by atoms with Gasteiger partial charge in [0.25, 0.3) is 5.91 Å². The van der Waals surface area contributed by atoms with Crippen LogP contribution in [-0.4, -0.2) is 37.7 Å². The number of para-hydroxylation sites is 1. The zero-order valence-corrected chi connectivity index (χ0v) is 19.6. The maximum Gasteiger partial charge on any atom is 0.329 e. The van der Waals surface area contributed by atoms with E-state index in [0.717, 1.165) is 11.1 Å². The Bertz CT molecular complexity index is 1240. The summed E-state index contributed by atoms with van der Waals surface area (Å²) in [5, 5.41) is 9.08. The predicted octanol–water partition coefficient (Wildman–Crippen LogP) is 3.42. The molecule has 0 aliphatic carbocycles. The molecule has 3 amide bonds. The average molecular weight is 475 g/mol. The van der Waals surface area contributed by atoms with Gasteiger partial charge in [-0.2, -0.15) is 5.10 Å². The molecule has 0 aliphatic heterocycles. The van der Waals surface area contributed by atoms with Crippen LogP contribution < -0.4 is 25.5 Å². The van der Waals surface area contributed by atoms with Crippen molar-refractivity contribution in [2.45, 2.75) is 13.8 Å². The number of hydrazone groups is 1. The lowest BCUT2D eigenvalue weighted by molar-refractivity contribution is -0.136. The quantitative estimate of drug-likeness (QED) is 0.263. The third-order valence-corrected chi connectivity index (χ3v) is 4.99. The Morgan fingerprint density at radius 2 is 1.57 bits per heavy atom. The van der Waals surface area contributed by atoms with Crippen molar-refractivity contribution in [1.29, 1.82) is 0 Å². The van der Waals surface area contributed by atoms with Crippen LogP contribution in [0.15, 0.2) is 71.8 Å². The van der Waals surface area contributed by atoms with Crippen LogP contribution in [0.25, 0.3) is 0 Å². The molecule has 0 radical (unpaired) electrons. The van der Waals surface area contributed by atoms with Crippen LogP contribution >= 0.6 is 0 Å². The number of nitrogens with zero attached hydrogens (tertiary/aromatic N) is 1. The van der Waals surface area contributed by atoms with Crippen molar-refractivity contribution in [2.75, 3.05) is 24.4 Å². The van der Waals surface area contributed by atoms with E-state index in [1.807, 2.05) is 19.9 Å². The largest absolute Gasteiger partial charge is 0.497 e. The highest BCUT2D eigenvalue weighted by Gasteiger charge is 2.13. The minimum Gasteiger partial charge on any atom is -0.497 e. The fraction of sp³-hybridized carbons (Fsp3) is 0.154. The first-order valence-electron chi connectivity index (χ1n) is 10.7. The molecule has 3 aromatic rings. The zero-order valence-electron chi connectivity index (χ0n) is 19.6. The number of ether oxygens (including phenoxy) is 2. The van der Waals surface area contributed by atoms with Crippen molar-refractivity contribution in [3.8, 4) is 11.5 Å². The minimum absolute atomic E-state index is 0.235. The van der Waals surface area contributed by atoms with Crippen LogP contribution in [-0.2, 0) is 14.4 Å². The summed E-state index contributed by atoms with van der Waals surface area (Å²) in [6, 6.07) is 19.1. The van der Waals surface area contributed by atoms with Gasteiger partial charge >= 0.3 is 11.8 Å². The number of aryl methyl sites for hydroxylation is 2. The van der Waals surface area contributed by atoms with Crippen molar-refractivity contribution < 1.29 is 23.9 Å². The third kappa shape index (κ3) is 7.43. The Balaban J connectivity index is 1.52. The molecule has 180 valence electrons. The van der Waals surface area contributed by atoms with Gasteiger partial charge in [0.05, 0.1) is 13.3 Å². The summed E-state index contributed by atoms with van der Waals surface area (Å²) in [6.07, 6.45) is 1.33. The Morgan fingerprint density at radius 1 is 0.857 bits per heavy atom. The lowest BCUT2D eigenvalue weighted by Crippen LogP contribution is -2.32. The molecule has 3 rings (SSSR count). The number of amides is 3. The molecule has 35 heavy (non-hydrogen) atoms. The van der Waals surface area contributed by atoms with E-state index in [9.17, 15) is 14.4 Å². The van der Waals surface area contributed by atoms with Gasteiger partial charge < -0.3 is 20.1 Å². The van der Waals surface area contributed by atoms with Crippen molar-refractivity contribution in [3.63, 3.8) is 0 Å². The molecule has 0 bridgehead atoms. The van der Waals surface area contributed by atoms with Crippen molar-refractivity contribution in [1.82, 2.24) is 5.43 Å². The van der Waals surface area contributed by atoms with Gasteiger partial charge in [0, 0.05) is 16.9 Å². The number of methoxy groups -OCH3 is 1. The maximum absolute atomic E-state index is 12.2. The predicted molar refractivity (Wildman–Crippen MR) is 134 cm³/mol. The van der Waals surface area contributed by atoms with E-state index < -0.39 is 11.8 Å². The molecule has 0 spiro atoms. The monoisotopic (exact) mass is 474 g/mol. The first-order chi connectivity index (χ1) is 16.9. The summed E-state index contributed by atoms with van der Waals surface area (Å²) in [5.74, 6) is -1.04. The van der Waals surface area contributed by atoms with Gasteiger partial charge in [0.1, 0.15) is 11.5 Å². The summed E-state index contributed by atoms with van der Waals surface area (Å²) in [4.78, 5) is 36.4. The molecule has 0 saturated heterocycles. The molecule has 0 fully saturated rings. The second kappa shape index (κ2) is 12.0. The molecular formula is C26H26N4O5. The molecule has 0 atom stereocenters. The van der Waals surface area contributed by atoms with E-state index >= 15 is 0 Å². The van der Waals surface area contributed by atoms with Gasteiger partial charge in [-0.3, -0.25) is 14.4 Å². The van der Waals surface area contributed by atoms with E-state index in [0.29, 0.717) is 28.4 Å². The first-order valence-corrected chi connectivity index (χ1v) is 10.7. The maximum atomic E-state index is 12.2. The fourth-order valence-electron chi connectivity index (χ4n) is 2.95. The van der Waals surface area contributed by atoms with Crippen LogP contribution in [0.5, 0.6) is 11.5 Å². The normalized spacial score (nSPS) is 10.5. The van der Waals surface area contributed by atoms with Gasteiger partial charge in [-0.05, 0) is 73.5 Å². The second-order valence-electron chi connectivity index (χ2n) is 7.56. The molecule has 9 heteroatoms. The number of hydrogen-bond acceptors (Lipinski definition) is 6. The topological polar surface area (TPSA) is 118 Å². The molecular weight excluding hydrogens is 448 g/mol. The van der Waals surface area contributed by atoms with Gasteiger partial charge in [0.2, 0.25) is 0 Å². The fourth-order valence-corrected chi connectivity index (χ4v) is 2.95. The zero-order chi connectivity index (χ0) is 25.2. The number of hydrogen-bond donors (Lipinski definition) is 3. The third-order valence-electron chi connectivity index (χ3n) is 4.99. The minimum atomic E-state index is -0.920. The van der Waals surface area contributed by atoms with Crippen molar-refractivity contribution in [3.05, 3.63) is 83.4 Å². The molecule has 0 saturated carbocycles. The molecule has 3 N–H and O–H groups in total. The second-order valence-corrected chi connectivity index (χ2v) is 7.56. The van der Waals surface area contributed by atoms with Crippen molar-refractivity contribution in [2.24, 2.45) is 5.10 Å². The number of nitrogens with one attached hydrogen (secondary N) is 3. The van der Waals surface area contributed by atoms with Gasteiger partial charge in [-0.25, -0.2) is 5.43 Å². The Morgan fingerprint density at radius 3 is 2.29 bits per heavy atom. The first kappa shape index (κ1) is 25.0. The summed E-state index contributed by atoms with van der Waals surface area (Å²) < 4.78 is 10.7. The number of carbonyl (C=O) groups excluding carboxylic acids is 3. The van der Waals surface area contributed by atoms with E-state index in [1.54, 1.807) is 67.8 Å². The number of rotatable bonds is 8. The van der Waals surface area contributed by atoms with Gasteiger partial charge in [0.15, 0.2) is 6.61 Å². The van der Waals surface area contributed by atoms with Crippen LogP contribution in [0.4, 0.5) is 11.4 Å². The number of carbonyl (C=O) groups is 3. The molecule has 0 heterocycles. The highest BCUT2D eigenvalue weighted by atomic mass is 16.5. The Hall–Kier alpha value is -4.66. The van der Waals surface area contributed by atoms with E-state index in [1.165, 1.54) is 6.21 Å². The molecule has 9 nitrogen and oxygen atoms in total. The lowest BCUT2D eigenvalue weighted by atomic mass is 10.1. The summed E-state index contributed by atoms with van der Waals surface area (Å²) in [5.41, 5.74) is 5.90. The van der Waals surface area contributed by atoms with Crippen LogP contribution in [0.1, 0.15) is 16.7 Å². The van der Waals surface area contributed by atoms with E-state index in [-0.39, 0.29) is 12.5 Å². The van der Waals surface area contributed by atoms with Crippen LogP contribution in [0.3, 0.4) is 0 Å². The van der Waals surface area contributed by atoms with Gasteiger partial charge in [-0.15, -0.1) is 0 Å². The van der Waals surface area contributed by atoms with Gasteiger partial charge in [-0.1, -0.05) is 18.2 Å². The molecule has 3 aromatic carbocycles. The average Bonchev–Trinajstić information content (AvgIpc) is 2.86. The van der Waals surface area contributed by atoms with Crippen LogP contribution in [0.2, 0.25) is 0 Å². The molecule has 0 aromatic heterocycles. The highest BCUT2D eigenvalue weighted by molar-refractivity contribution is 6.39. The van der Waals surface area contributed by atoms with E-state index in [2.05, 4.69) is 21.2 Å². The number of anilines is 2.